The van der Waals surface area contributed by atoms with Crippen LogP contribution in [0.3, 0.4) is 0 Å². The third kappa shape index (κ3) is 4.03. The van der Waals surface area contributed by atoms with Crippen LogP contribution >= 0.6 is 0 Å². The molecule has 0 fully saturated rings. The van der Waals surface area contributed by atoms with E-state index in [1.54, 1.807) is 0 Å². The molecule has 0 unspecified atom stereocenters. The van der Waals surface area contributed by atoms with Gasteiger partial charge in [-0.3, -0.25) is 0 Å². The SMILES string of the molecule is CCN(CC)c1ncnc(Nc2ccc(Oc3ccccc3)cc2)c1N. The summed E-state index contributed by atoms with van der Waals surface area (Å²) >= 11 is 0. The van der Waals surface area contributed by atoms with Crippen molar-refractivity contribution in [3.63, 3.8) is 0 Å². The van der Waals surface area contributed by atoms with Gasteiger partial charge in [-0.15, -0.1) is 0 Å². The van der Waals surface area contributed by atoms with Gasteiger partial charge in [0.2, 0.25) is 0 Å². The average molecular weight is 349 g/mol. The van der Waals surface area contributed by atoms with Gasteiger partial charge in [-0.2, -0.15) is 0 Å². The maximum absolute atomic E-state index is 6.26. The smallest absolute Gasteiger partial charge is 0.159 e. The van der Waals surface area contributed by atoms with Crippen molar-refractivity contribution >= 4 is 23.0 Å². The van der Waals surface area contributed by atoms with E-state index in [0.717, 1.165) is 36.1 Å². The van der Waals surface area contributed by atoms with Crippen LogP contribution in [-0.2, 0) is 0 Å². The normalized spacial score (nSPS) is 10.4. The van der Waals surface area contributed by atoms with Gasteiger partial charge >= 0.3 is 0 Å². The molecule has 3 aromatic rings. The van der Waals surface area contributed by atoms with E-state index < -0.39 is 0 Å². The summed E-state index contributed by atoms with van der Waals surface area (Å²) in [5, 5.41) is 3.25. The fraction of sp³-hybridized carbons (Fsp3) is 0.200. The molecule has 3 N–H and O–H groups in total. The Hall–Kier alpha value is -3.28. The third-order valence-corrected chi connectivity index (χ3v) is 4.02. The van der Waals surface area contributed by atoms with Crippen LogP contribution in [0.15, 0.2) is 60.9 Å². The number of hydrogen-bond acceptors (Lipinski definition) is 6. The maximum Gasteiger partial charge on any atom is 0.159 e. The van der Waals surface area contributed by atoms with E-state index in [1.165, 1.54) is 6.33 Å². The van der Waals surface area contributed by atoms with E-state index in [9.17, 15) is 0 Å². The summed E-state index contributed by atoms with van der Waals surface area (Å²) < 4.78 is 5.80. The van der Waals surface area contributed by atoms with Gasteiger partial charge in [0.1, 0.15) is 23.5 Å². The summed E-state index contributed by atoms with van der Waals surface area (Å²) in [5.74, 6) is 2.91. The second-order valence-corrected chi connectivity index (χ2v) is 5.70. The van der Waals surface area contributed by atoms with Crippen molar-refractivity contribution in [3.8, 4) is 11.5 Å². The van der Waals surface area contributed by atoms with Crippen molar-refractivity contribution in [2.24, 2.45) is 0 Å². The van der Waals surface area contributed by atoms with E-state index in [1.807, 2.05) is 54.6 Å². The lowest BCUT2D eigenvalue weighted by molar-refractivity contribution is 0.483. The van der Waals surface area contributed by atoms with Crippen molar-refractivity contribution < 1.29 is 4.74 Å². The summed E-state index contributed by atoms with van der Waals surface area (Å²) in [5.41, 5.74) is 7.68. The van der Waals surface area contributed by atoms with E-state index in [2.05, 4.69) is 34.0 Å². The van der Waals surface area contributed by atoms with Crippen molar-refractivity contribution in [2.45, 2.75) is 13.8 Å². The van der Waals surface area contributed by atoms with Crippen molar-refractivity contribution in [3.05, 3.63) is 60.9 Å². The lowest BCUT2D eigenvalue weighted by atomic mass is 10.3. The van der Waals surface area contributed by atoms with Crippen LogP contribution in [0.2, 0.25) is 0 Å². The molecule has 0 spiro atoms. The minimum Gasteiger partial charge on any atom is -0.457 e. The number of rotatable bonds is 7. The van der Waals surface area contributed by atoms with E-state index in [4.69, 9.17) is 10.5 Å². The van der Waals surface area contributed by atoms with Crippen LogP contribution in [0, 0.1) is 0 Å². The number of benzene rings is 2. The Morgan fingerprint density at radius 1 is 0.923 bits per heavy atom. The van der Waals surface area contributed by atoms with E-state index in [0.29, 0.717) is 11.5 Å². The van der Waals surface area contributed by atoms with Crippen molar-refractivity contribution in [1.29, 1.82) is 0 Å². The Morgan fingerprint density at radius 2 is 1.58 bits per heavy atom. The highest BCUT2D eigenvalue weighted by atomic mass is 16.5. The molecular weight excluding hydrogens is 326 g/mol. The molecule has 134 valence electrons. The largest absolute Gasteiger partial charge is 0.457 e. The fourth-order valence-electron chi connectivity index (χ4n) is 2.63. The molecule has 0 aliphatic heterocycles. The predicted molar refractivity (Wildman–Crippen MR) is 106 cm³/mol. The topological polar surface area (TPSA) is 76.3 Å². The van der Waals surface area contributed by atoms with Gasteiger partial charge < -0.3 is 20.7 Å². The number of nitrogen functional groups attached to an aromatic ring is 1. The Labute approximate surface area is 153 Å². The van der Waals surface area contributed by atoms with Crippen LogP contribution < -0.4 is 20.7 Å². The first kappa shape index (κ1) is 17.5. The van der Waals surface area contributed by atoms with Crippen LogP contribution in [-0.4, -0.2) is 23.1 Å². The minimum absolute atomic E-state index is 0.542. The molecule has 0 radical (unpaired) electrons. The molecule has 6 heteroatoms. The molecule has 0 saturated heterocycles. The quantitative estimate of drug-likeness (QED) is 0.657. The fourth-order valence-corrected chi connectivity index (χ4v) is 2.63. The number of hydrogen-bond donors (Lipinski definition) is 2. The average Bonchev–Trinajstić information content (AvgIpc) is 2.68. The molecule has 3 rings (SSSR count). The third-order valence-electron chi connectivity index (χ3n) is 4.02. The zero-order valence-corrected chi connectivity index (χ0v) is 15.0. The molecular formula is C20H23N5O. The first-order chi connectivity index (χ1) is 12.7. The second kappa shape index (κ2) is 8.20. The van der Waals surface area contributed by atoms with Crippen molar-refractivity contribution in [1.82, 2.24) is 9.97 Å². The van der Waals surface area contributed by atoms with Crippen LogP contribution in [0.5, 0.6) is 11.5 Å². The molecule has 0 saturated carbocycles. The summed E-state index contributed by atoms with van der Waals surface area (Å²) in [6.07, 6.45) is 1.53. The Bertz CT molecular complexity index is 833. The molecule has 0 bridgehead atoms. The van der Waals surface area contributed by atoms with Gasteiger partial charge in [0, 0.05) is 18.8 Å². The monoisotopic (exact) mass is 349 g/mol. The maximum atomic E-state index is 6.26. The number of nitrogens with two attached hydrogens (primary N) is 1. The van der Waals surface area contributed by atoms with Gasteiger partial charge in [0.25, 0.3) is 0 Å². The van der Waals surface area contributed by atoms with Gasteiger partial charge in [0.05, 0.1) is 0 Å². The van der Waals surface area contributed by atoms with Crippen LogP contribution in [0.1, 0.15) is 13.8 Å². The number of nitrogens with zero attached hydrogens (tertiary/aromatic N) is 3. The van der Waals surface area contributed by atoms with Gasteiger partial charge in [0.15, 0.2) is 11.6 Å². The summed E-state index contributed by atoms with van der Waals surface area (Å²) in [7, 11) is 0. The highest BCUT2D eigenvalue weighted by Crippen LogP contribution is 2.29. The molecule has 26 heavy (non-hydrogen) atoms. The van der Waals surface area contributed by atoms with E-state index >= 15 is 0 Å². The standard InChI is InChI=1S/C20H23N5O/c1-3-25(4-2)20-18(21)19(22-14-23-20)24-15-10-12-17(13-11-15)26-16-8-6-5-7-9-16/h5-14H,3-4,21H2,1-2H3,(H,22,23,24). The number of aromatic nitrogens is 2. The predicted octanol–water partition coefficient (Wildman–Crippen LogP) is 4.44. The highest BCUT2D eigenvalue weighted by Gasteiger charge is 2.12. The zero-order chi connectivity index (χ0) is 18.4. The molecule has 1 aromatic heterocycles. The molecule has 1 heterocycles. The Kier molecular flexibility index (Phi) is 5.53. The van der Waals surface area contributed by atoms with Crippen molar-refractivity contribution in [2.75, 3.05) is 29.0 Å². The summed E-state index contributed by atoms with van der Waals surface area (Å²) in [6.45, 7) is 5.82. The molecule has 2 aromatic carbocycles. The van der Waals surface area contributed by atoms with Crippen LogP contribution in [0.4, 0.5) is 23.0 Å². The van der Waals surface area contributed by atoms with Gasteiger partial charge in [-0.1, -0.05) is 18.2 Å². The van der Waals surface area contributed by atoms with E-state index in [-0.39, 0.29) is 0 Å². The summed E-state index contributed by atoms with van der Waals surface area (Å²) in [4.78, 5) is 10.7. The Balaban J connectivity index is 1.74. The first-order valence-electron chi connectivity index (χ1n) is 8.66. The van der Waals surface area contributed by atoms with Crippen LogP contribution in [0.25, 0.3) is 0 Å². The lowest BCUT2D eigenvalue weighted by Gasteiger charge is -2.22. The molecule has 0 aliphatic rings. The zero-order valence-electron chi connectivity index (χ0n) is 15.0. The minimum atomic E-state index is 0.542. The summed E-state index contributed by atoms with van der Waals surface area (Å²) in [6, 6.07) is 17.3. The first-order valence-corrected chi connectivity index (χ1v) is 8.66. The number of para-hydroxylation sites is 1. The highest BCUT2D eigenvalue weighted by molar-refractivity contribution is 5.78. The number of ether oxygens (including phenoxy) is 1. The Morgan fingerprint density at radius 3 is 2.23 bits per heavy atom. The number of anilines is 4. The number of nitrogens with one attached hydrogen (secondary N) is 1. The lowest BCUT2D eigenvalue weighted by Crippen LogP contribution is -2.24. The molecule has 0 aliphatic carbocycles. The van der Waals surface area contributed by atoms with Gasteiger partial charge in [-0.25, -0.2) is 9.97 Å². The van der Waals surface area contributed by atoms with Gasteiger partial charge in [-0.05, 0) is 50.2 Å². The second-order valence-electron chi connectivity index (χ2n) is 5.70. The molecule has 6 nitrogen and oxygen atoms in total. The molecule has 0 amide bonds. The molecule has 0 atom stereocenters.